The van der Waals surface area contributed by atoms with Gasteiger partial charge in [0.25, 0.3) is 0 Å². The molecular formula is C28H30BrN7O2. The van der Waals surface area contributed by atoms with E-state index in [0.717, 1.165) is 64.0 Å². The number of rotatable bonds is 7. The van der Waals surface area contributed by atoms with Crippen molar-refractivity contribution < 1.29 is 9.53 Å². The Hall–Kier alpha value is -3.63. The molecule has 0 radical (unpaired) electrons. The largest absolute Gasteiger partial charge is 0.383 e. The number of hydrogen-bond donors (Lipinski definition) is 2. The van der Waals surface area contributed by atoms with Gasteiger partial charge >= 0.3 is 0 Å². The number of carbonyl (C=O) groups excluding carboxylic acids is 1. The van der Waals surface area contributed by atoms with Gasteiger partial charge in [-0.2, -0.15) is 0 Å². The first kappa shape index (κ1) is 26.0. The Morgan fingerprint density at radius 2 is 1.89 bits per heavy atom. The highest BCUT2D eigenvalue weighted by atomic mass is 79.9. The van der Waals surface area contributed by atoms with Crippen LogP contribution in [0.3, 0.4) is 0 Å². The molecule has 1 aromatic carbocycles. The van der Waals surface area contributed by atoms with Gasteiger partial charge in [-0.3, -0.25) is 4.79 Å². The average molecular weight is 576 g/mol. The van der Waals surface area contributed by atoms with Crippen molar-refractivity contribution in [2.75, 3.05) is 30.8 Å². The van der Waals surface area contributed by atoms with Crippen molar-refractivity contribution in [2.24, 2.45) is 17.6 Å². The van der Waals surface area contributed by atoms with Crippen LogP contribution in [0.5, 0.6) is 0 Å². The number of hydrogen-bond acceptors (Lipinski definition) is 8. The molecule has 4 aromatic rings. The number of aromatic nitrogens is 4. The molecule has 2 atom stereocenters. The van der Waals surface area contributed by atoms with Gasteiger partial charge in [0.05, 0.1) is 23.1 Å². The number of pyridine rings is 2. The van der Waals surface area contributed by atoms with Crippen LogP contribution in [0.1, 0.15) is 19.8 Å². The Morgan fingerprint density at radius 1 is 1.11 bits per heavy atom. The maximum absolute atomic E-state index is 12.0. The number of benzene rings is 1. The van der Waals surface area contributed by atoms with E-state index in [4.69, 9.17) is 26.2 Å². The summed E-state index contributed by atoms with van der Waals surface area (Å²) in [5, 5.41) is 0.721. The summed E-state index contributed by atoms with van der Waals surface area (Å²) in [6, 6.07) is 14.1. The summed E-state index contributed by atoms with van der Waals surface area (Å²) >= 11 is 3.56. The second-order valence-corrected chi connectivity index (χ2v) is 10.5. The van der Waals surface area contributed by atoms with E-state index in [9.17, 15) is 4.79 Å². The van der Waals surface area contributed by atoms with E-state index in [2.05, 4.69) is 30.8 Å². The number of nitrogen functional groups attached to an aromatic ring is 1. The number of carbonyl (C=O) groups is 1. The Morgan fingerprint density at radius 3 is 2.55 bits per heavy atom. The molecule has 1 amide bonds. The quantitative estimate of drug-likeness (QED) is 0.330. The molecule has 1 saturated heterocycles. The van der Waals surface area contributed by atoms with E-state index in [1.165, 1.54) is 6.33 Å². The van der Waals surface area contributed by atoms with E-state index in [1.807, 2.05) is 55.6 Å². The normalized spacial score (nSPS) is 15.9. The highest BCUT2D eigenvalue weighted by molar-refractivity contribution is 9.10. The first-order valence-corrected chi connectivity index (χ1v) is 13.4. The van der Waals surface area contributed by atoms with Gasteiger partial charge in [0.1, 0.15) is 18.0 Å². The summed E-state index contributed by atoms with van der Waals surface area (Å²) < 4.78 is 6.38. The Kier molecular flexibility index (Phi) is 7.53. The van der Waals surface area contributed by atoms with Gasteiger partial charge < -0.3 is 21.1 Å². The zero-order valence-electron chi connectivity index (χ0n) is 21.3. The molecule has 4 N–H and O–H groups in total. The van der Waals surface area contributed by atoms with Crippen LogP contribution in [0.25, 0.3) is 33.4 Å². The van der Waals surface area contributed by atoms with Gasteiger partial charge in [0.15, 0.2) is 5.65 Å². The molecule has 0 saturated carbocycles. The number of ether oxygens (including phenoxy) is 1. The zero-order valence-corrected chi connectivity index (χ0v) is 22.9. The van der Waals surface area contributed by atoms with Crippen LogP contribution in [-0.2, 0) is 9.53 Å². The van der Waals surface area contributed by atoms with Crippen molar-refractivity contribution in [2.45, 2.75) is 25.9 Å². The minimum absolute atomic E-state index is 0.196. The molecule has 196 valence electrons. The first-order chi connectivity index (χ1) is 18.4. The van der Waals surface area contributed by atoms with Crippen LogP contribution >= 0.6 is 15.9 Å². The third kappa shape index (κ3) is 5.19. The minimum Gasteiger partial charge on any atom is -0.383 e. The molecule has 0 aliphatic carbocycles. The molecule has 4 heterocycles. The third-order valence-electron chi connectivity index (χ3n) is 7.39. The molecule has 1 aliphatic heterocycles. The smallest absolute Gasteiger partial charge is 0.223 e. The summed E-state index contributed by atoms with van der Waals surface area (Å²) in [5.41, 5.74) is 16.0. The fraction of sp³-hybridized carbons (Fsp3) is 0.321. The van der Waals surface area contributed by atoms with E-state index < -0.39 is 0 Å². The molecule has 3 aromatic heterocycles. The molecule has 9 nitrogen and oxygen atoms in total. The lowest BCUT2D eigenvalue weighted by molar-refractivity contribution is -0.128. The van der Waals surface area contributed by atoms with Gasteiger partial charge in [-0.25, -0.2) is 19.9 Å². The van der Waals surface area contributed by atoms with Gasteiger partial charge in [-0.15, -0.1) is 0 Å². The van der Waals surface area contributed by atoms with Crippen molar-refractivity contribution in [3.63, 3.8) is 0 Å². The average Bonchev–Trinajstić information content (AvgIpc) is 2.93. The molecule has 38 heavy (non-hydrogen) atoms. The summed E-state index contributed by atoms with van der Waals surface area (Å²) in [7, 11) is 1.62. The van der Waals surface area contributed by atoms with Crippen LogP contribution in [0, 0.1) is 11.8 Å². The van der Waals surface area contributed by atoms with E-state index >= 15 is 0 Å². The first-order valence-electron chi connectivity index (χ1n) is 12.6. The lowest BCUT2D eigenvalue weighted by Crippen LogP contribution is -2.44. The predicted molar refractivity (Wildman–Crippen MR) is 152 cm³/mol. The minimum atomic E-state index is -0.294. The van der Waals surface area contributed by atoms with Crippen LogP contribution in [0.4, 0.5) is 11.6 Å². The SMILES string of the molecule is COC(C)C(C(N)=O)C1CCN(c2ccc(-c3cc(-c4cccc(Br)c4)c4c(N)ncnc4n3)cn2)CC1. The summed E-state index contributed by atoms with van der Waals surface area (Å²) in [5.74, 6) is 0.901. The zero-order chi connectivity index (χ0) is 26.8. The van der Waals surface area contributed by atoms with Gasteiger partial charge in [0.2, 0.25) is 5.91 Å². The maximum atomic E-state index is 12.0. The fourth-order valence-electron chi connectivity index (χ4n) is 5.33. The summed E-state index contributed by atoms with van der Waals surface area (Å²) in [6.07, 6.45) is 4.78. The summed E-state index contributed by atoms with van der Waals surface area (Å²) in [6.45, 7) is 3.51. The molecule has 2 unspecified atom stereocenters. The number of nitrogens with zero attached hydrogens (tertiary/aromatic N) is 5. The molecule has 10 heteroatoms. The topological polar surface area (TPSA) is 133 Å². The number of primary amides is 1. The Labute approximate surface area is 229 Å². The molecule has 0 bridgehead atoms. The molecule has 1 fully saturated rings. The predicted octanol–water partition coefficient (Wildman–Crippen LogP) is 4.45. The summed E-state index contributed by atoms with van der Waals surface area (Å²) in [4.78, 5) is 32.4. The lowest BCUT2D eigenvalue weighted by atomic mass is 9.81. The number of fused-ring (bicyclic) bond motifs is 1. The number of nitrogens with two attached hydrogens (primary N) is 2. The van der Waals surface area contributed by atoms with Crippen molar-refractivity contribution in [1.29, 1.82) is 0 Å². The second-order valence-electron chi connectivity index (χ2n) is 9.62. The Bertz CT molecular complexity index is 1460. The standard InChI is InChI=1S/C28H30BrN7O2/c1-16(38-2)24(27(31)37)17-8-10-36(11-9-17)23-7-6-19(14-32-23)22-13-21(18-4-3-5-20(29)12-18)25-26(30)33-15-34-28(25)35-22/h3-7,12-17,24H,8-11H2,1-2H3,(H2,31,37)(H2,30,33,34,35). The van der Waals surface area contributed by atoms with Crippen LogP contribution in [-0.4, -0.2) is 52.1 Å². The lowest BCUT2D eigenvalue weighted by Gasteiger charge is -2.37. The van der Waals surface area contributed by atoms with Crippen molar-refractivity contribution in [3.8, 4) is 22.4 Å². The maximum Gasteiger partial charge on any atom is 0.223 e. The monoisotopic (exact) mass is 575 g/mol. The molecule has 5 rings (SSSR count). The number of amides is 1. The molecular weight excluding hydrogens is 546 g/mol. The van der Waals surface area contributed by atoms with E-state index in [1.54, 1.807) is 7.11 Å². The van der Waals surface area contributed by atoms with Gasteiger partial charge in [-0.1, -0.05) is 28.1 Å². The van der Waals surface area contributed by atoms with Crippen LogP contribution in [0.15, 0.2) is 59.5 Å². The number of halogens is 1. The Balaban J connectivity index is 1.40. The number of anilines is 2. The number of methoxy groups -OCH3 is 1. The van der Waals surface area contributed by atoms with Crippen LogP contribution < -0.4 is 16.4 Å². The van der Waals surface area contributed by atoms with Crippen LogP contribution in [0.2, 0.25) is 0 Å². The number of piperidine rings is 1. The third-order valence-corrected chi connectivity index (χ3v) is 7.88. The van der Waals surface area contributed by atoms with E-state index in [0.29, 0.717) is 11.5 Å². The van der Waals surface area contributed by atoms with E-state index in [-0.39, 0.29) is 23.8 Å². The molecule has 0 spiro atoms. The van der Waals surface area contributed by atoms with Gasteiger partial charge in [0, 0.05) is 36.4 Å². The van der Waals surface area contributed by atoms with Gasteiger partial charge in [-0.05, 0) is 67.1 Å². The van der Waals surface area contributed by atoms with Crippen molar-refractivity contribution in [3.05, 3.63) is 59.5 Å². The molecule has 1 aliphatic rings. The second kappa shape index (κ2) is 11.0. The fourth-order valence-corrected chi connectivity index (χ4v) is 5.72. The van der Waals surface area contributed by atoms with Crippen molar-refractivity contribution >= 4 is 44.5 Å². The highest BCUT2D eigenvalue weighted by Crippen LogP contribution is 2.35. The van der Waals surface area contributed by atoms with Crippen molar-refractivity contribution in [1.82, 2.24) is 19.9 Å². The highest BCUT2D eigenvalue weighted by Gasteiger charge is 2.34.